The summed E-state index contributed by atoms with van der Waals surface area (Å²) in [4.78, 5) is 0. The van der Waals surface area contributed by atoms with E-state index in [0.29, 0.717) is 0 Å². The first-order chi connectivity index (χ1) is 17.9. The van der Waals surface area contributed by atoms with E-state index in [-0.39, 0.29) is 0 Å². The summed E-state index contributed by atoms with van der Waals surface area (Å²) in [5, 5.41) is 3.13. The molecule has 3 rings (SSSR count). The molecule has 202 valence electrons. The van der Waals surface area contributed by atoms with Crippen LogP contribution in [0.2, 0.25) is 39.3 Å². The molecular weight excluding hydrogens is 553 g/mol. The maximum atomic E-state index is 7.62. The van der Waals surface area contributed by atoms with Crippen molar-refractivity contribution in [1.29, 1.82) is 0 Å². The third kappa shape index (κ3) is 6.44. The summed E-state index contributed by atoms with van der Waals surface area (Å²) in [6.45, 7) is 21.5. The molecule has 3 aromatic carbocycles. The van der Waals surface area contributed by atoms with Gasteiger partial charge in [-0.25, -0.2) is 0 Å². The van der Waals surface area contributed by atoms with Crippen molar-refractivity contribution in [3.05, 3.63) is 116 Å². The standard InChI is InChI=1S/C29H42O4Si5/c1-10-34(4,5)31-36(8,27-21-15-12-16-22-27)32-38(28-23-17-13-18-24-28,29-25-19-14-20-26-29)33-37(9,30-3)35(6,7)11-2/h10-26H,1-2H2,3-9H3. The van der Waals surface area contributed by atoms with Gasteiger partial charge in [0.25, 0.3) is 0 Å². The highest BCUT2D eigenvalue weighted by Gasteiger charge is 2.59. The second-order valence-corrected chi connectivity index (χ2v) is 34.5. The van der Waals surface area contributed by atoms with E-state index in [2.05, 4.69) is 119 Å². The normalized spacial score (nSPS) is 15.8. The first kappa shape index (κ1) is 30.6. The van der Waals surface area contributed by atoms with Crippen LogP contribution in [0.4, 0.5) is 0 Å². The highest BCUT2D eigenvalue weighted by atomic mass is 29.3. The van der Waals surface area contributed by atoms with Crippen molar-refractivity contribution in [3.63, 3.8) is 0 Å². The van der Waals surface area contributed by atoms with Gasteiger partial charge in [-0.2, -0.15) is 0 Å². The Kier molecular flexibility index (Phi) is 9.72. The van der Waals surface area contributed by atoms with Gasteiger partial charge in [0.1, 0.15) is 7.59 Å². The Bertz CT molecular complexity index is 1170. The van der Waals surface area contributed by atoms with Crippen LogP contribution in [-0.4, -0.2) is 48.2 Å². The molecule has 3 aromatic rings. The molecule has 0 saturated carbocycles. The summed E-state index contributed by atoms with van der Waals surface area (Å²) in [6, 6.07) is 31.1. The lowest BCUT2D eigenvalue weighted by molar-refractivity contribution is 0.285. The number of hydrogen-bond acceptors (Lipinski definition) is 4. The molecule has 0 bridgehead atoms. The van der Waals surface area contributed by atoms with Gasteiger partial charge in [0.05, 0.1) is 0 Å². The van der Waals surface area contributed by atoms with Crippen LogP contribution >= 0.6 is 0 Å². The van der Waals surface area contributed by atoms with Crippen LogP contribution in [0, 0.1) is 0 Å². The summed E-state index contributed by atoms with van der Waals surface area (Å²) < 4.78 is 28.6. The predicted molar refractivity (Wildman–Crippen MR) is 173 cm³/mol. The Morgan fingerprint density at radius 3 is 1.34 bits per heavy atom. The van der Waals surface area contributed by atoms with Crippen LogP contribution < -0.4 is 15.6 Å². The smallest absolute Gasteiger partial charge is 0.389 e. The summed E-state index contributed by atoms with van der Waals surface area (Å²) in [7, 11) is -11.9. The molecule has 4 nitrogen and oxygen atoms in total. The molecule has 2 unspecified atom stereocenters. The van der Waals surface area contributed by atoms with Crippen molar-refractivity contribution >= 4 is 56.7 Å². The van der Waals surface area contributed by atoms with Crippen LogP contribution in [0.3, 0.4) is 0 Å². The molecule has 38 heavy (non-hydrogen) atoms. The summed E-state index contributed by atoms with van der Waals surface area (Å²) >= 11 is 0. The Labute approximate surface area is 234 Å². The zero-order chi connectivity index (χ0) is 28.1. The van der Waals surface area contributed by atoms with Crippen molar-refractivity contribution in [2.75, 3.05) is 7.11 Å². The average molecular weight is 595 g/mol. The highest BCUT2D eigenvalue weighted by Crippen LogP contribution is 2.30. The third-order valence-electron chi connectivity index (χ3n) is 7.30. The zero-order valence-electron chi connectivity index (χ0n) is 23.9. The SMILES string of the molecule is C=C[Si](C)(C)O[Si](C)(O[Si](O[Si](C)(OC)[Si](C)(C)C=C)(c1ccccc1)c1ccccc1)c1ccccc1. The van der Waals surface area contributed by atoms with E-state index < -0.39 is 41.1 Å². The minimum atomic E-state index is -3.41. The molecule has 0 spiro atoms. The van der Waals surface area contributed by atoms with Gasteiger partial charge in [-0.05, 0) is 41.7 Å². The molecule has 0 aliphatic rings. The van der Waals surface area contributed by atoms with Crippen molar-refractivity contribution in [2.45, 2.75) is 39.3 Å². The maximum absolute atomic E-state index is 7.62. The van der Waals surface area contributed by atoms with E-state index in [0.717, 1.165) is 15.6 Å². The van der Waals surface area contributed by atoms with Crippen molar-refractivity contribution < 1.29 is 16.8 Å². The van der Waals surface area contributed by atoms with E-state index >= 15 is 0 Å². The minimum absolute atomic E-state index is 1.03. The second-order valence-electron chi connectivity index (χ2n) is 10.8. The lowest BCUT2D eigenvalue weighted by Crippen LogP contribution is -2.77. The van der Waals surface area contributed by atoms with Crippen LogP contribution in [0.25, 0.3) is 0 Å². The zero-order valence-corrected chi connectivity index (χ0v) is 28.9. The second kappa shape index (κ2) is 12.1. The monoisotopic (exact) mass is 594 g/mol. The maximum Gasteiger partial charge on any atom is 0.389 e. The molecule has 0 aromatic heterocycles. The van der Waals surface area contributed by atoms with E-state index in [1.165, 1.54) is 0 Å². The van der Waals surface area contributed by atoms with Crippen molar-refractivity contribution in [1.82, 2.24) is 0 Å². The van der Waals surface area contributed by atoms with Crippen LogP contribution in [0.5, 0.6) is 0 Å². The Hall–Kier alpha value is -1.94. The fourth-order valence-corrected chi connectivity index (χ4v) is 28.0. The number of rotatable bonds is 13. The van der Waals surface area contributed by atoms with Gasteiger partial charge >= 0.3 is 25.2 Å². The number of benzene rings is 3. The lowest BCUT2D eigenvalue weighted by atomic mass is 10.4. The fourth-order valence-electron chi connectivity index (χ4n) is 4.33. The van der Waals surface area contributed by atoms with Gasteiger partial charge in [0.2, 0.25) is 0 Å². The van der Waals surface area contributed by atoms with Crippen LogP contribution in [0.15, 0.2) is 116 Å². The predicted octanol–water partition coefficient (Wildman–Crippen LogP) is 5.43. The third-order valence-corrected chi connectivity index (χ3v) is 34.2. The molecule has 0 aliphatic carbocycles. The first-order valence-electron chi connectivity index (χ1n) is 13.0. The van der Waals surface area contributed by atoms with Gasteiger partial charge in [-0.3, -0.25) is 0 Å². The average Bonchev–Trinajstić information content (AvgIpc) is 2.93. The van der Waals surface area contributed by atoms with Gasteiger partial charge in [-0.1, -0.05) is 115 Å². The van der Waals surface area contributed by atoms with Crippen molar-refractivity contribution in [3.8, 4) is 0 Å². The highest BCUT2D eigenvalue weighted by molar-refractivity contribution is 7.39. The van der Waals surface area contributed by atoms with E-state index in [1.54, 1.807) is 7.11 Å². The molecule has 9 heteroatoms. The van der Waals surface area contributed by atoms with Gasteiger partial charge < -0.3 is 16.8 Å². The van der Waals surface area contributed by atoms with Crippen LogP contribution in [-0.2, 0) is 16.8 Å². The summed E-state index contributed by atoms with van der Waals surface area (Å²) in [5.41, 5.74) is 4.05. The molecule has 0 fully saturated rings. The van der Waals surface area contributed by atoms with Gasteiger partial charge in [0, 0.05) is 7.11 Å². The van der Waals surface area contributed by atoms with E-state index in [4.69, 9.17) is 16.8 Å². The molecule has 0 aliphatic heterocycles. The largest absolute Gasteiger partial charge is 0.430 e. The fraction of sp³-hybridized carbons (Fsp3) is 0.241. The minimum Gasteiger partial charge on any atom is -0.430 e. The molecule has 0 saturated heterocycles. The topological polar surface area (TPSA) is 36.9 Å². The van der Waals surface area contributed by atoms with Crippen molar-refractivity contribution in [2.24, 2.45) is 0 Å². The van der Waals surface area contributed by atoms with Crippen LogP contribution in [0.1, 0.15) is 0 Å². The van der Waals surface area contributed by atoms with Gasteiger partial charge in [-0.15, -0.1) is 13.2 Å². The molecule has 0 heterocycles. The number of hydrogen-bond donors (Lipinski definition) is 0. The molecule has 0 amide bonds. The summed E-state index contributed by atoms with van der Waals surface area (Å²) in [6.07, 6.45) is 0. The first-order valence-corrected chi connectivity index (χ1v) is 26.5. The van der Waals surface area contributed by atoms with Gasteiger partial charge in [0.15, 0.2) is 8.32 Å². The molecule has 0 N–H and O–H groups in total. The summed E-state index contributed by atoms with van der Waals surface area (Å²) in [5.74, 6) is 0. The Balaban J connectivity index is 2.38. The van der Waals surface area contributed by atoms with E-state index in [1.807, 2.05) is 36.0 Å². The molecule has 0 radical (unpaired) electrons. The lowest BCUT2D eigenvalue weighted by Gasteiger charge is -2.47. The quantitative estimate of drug-likeness (QED) is 0.247. The van der Waals surface area contributed by atoms with E-state index in [9.17, 15) is 0 Å². The Morgan fingerprint density at radius 1 is 0.553 bits per heavy atom. The Morgan fingerprint density at radius 2 is 0.974 bits per heavy atom. The molecular formula is C29H42O4Si5. The molecule has 2 atom stereocenters.